The lowest BCUT2D eigenvalue weighted by Gasteiger charge is -2.20. The van der Waals surface area contributed by atoms with Gasteiger partial charge in [0, 0.05) is 11.6 Å². The third-order valence-electron chi connectivity index (χ3n) is 4.95. The zero-order chi connectivity index (χ0) is 21.1. The lowest BCUT2D eigenvalue weighted by Crippen LogP contribution is -2.30. The fourth-order valence-electron chi connectivity index (χ4n) is 3.26. The molecule has 2 heterocycles. The summed E-state index contributed by atoms with van der Waals surface area (Å²) in [6, 6.07) is 15.4. The molecule has 0 spiro atoms. The number of nitrogens with zero attached hydrogens (tertiary/aromatic N) is 2. The normalized spacial score (nSPS) is 12.0. The molecule has 0 fully saturated rings. The molecular formula is C23H20FN3O2S. The van der Waals surface area contributed by atoms with Gasteiger partial charge in [-0.2, -0.15) is 4.37 Å². The van der Waals surface area contributed by atoms with Crippen LogP contribution in [0.25, 0.3) is 10.2 Å². The second kappa shape index (κ2) is 8.59. The van der Waals surface area contributed by atoms with Crippen LogP contribution in [0.4, 0.5) is 4.39 Å². The first kappa shape index (κ1) is 20.0. The first-order valence-corrected chi connectivity index (χ1v) is 10.2. The maximum Gasteiger partial charge on any atom is 0.253 e. The largest absolute Gasteiger partial charge is 0.497 e. The minimum absolute atomic E-state index is 0.224. The fourth-order valence-corrected chi connectivity index (χ4v) is 3.98. The van der Waals surface area contributed by atoms with Crippen molar-refractivity contribution in [3.8, 4) is 5.75 Å². The Kier molecular flexibility index (Phi) is 5.72. The second-order valence-corrected chi connectivity index (χ2v) is 7.73. The number of ether oxygens (including phenoxy) is 1. The van der Waals surface area contributed by atoms with Crippen LogP contribution in [0.5, 0.6) is 5.75 Å². The van der Waals surface area contributed by atoms with Gasteiger partial charge < -0.3 is 10.1 Å². The quantitative estimate of drug-likeness (QED) is 0.483. The molecule has 0 aliphatic heterocycles. The molecule has 0 saturated heterocycles. The number of hydrogen-bond acceptors (Lipinski definition) is 5. The lowest BCUT2D eigenvalue weighted by molar-refractivity contribution is 0.0936. The summed E-state index contributed by atoms with van der Waals surface area (Å²) < 4.78 is 22.8. The van der Waals surface area contributed by atoms with Crippen LogP contribution in [0.1, 0.15) is 33.2 Å². The first-order chi connectivity index (χ1) is 14.5. The molecule has 4 aromatic rings. The van der Waals surface area contributed by atoms with Gasteiger partial charge >= 0.3 is 0 Å². The van der Waals surface area contributed by atoms with Crippen molar-refractivity contribution in [1.82, 2.24) is 14.7 Å². The number of amides is 1. The highest BCUT2D eigenvalue weighted by atomic mass is 32.1. The SMILES string of the molecule is COc1ccc(C(Cc2ccc(F)cc2)NC(=O)c2cnc3snc(C)c3c2)cc1. The molecular weight excluding hydrogens is 401 g/mol. The Morgan fingerprint density at radius 3 is 2.60 bits per heavy atom. The molecule has 1 N–H and O–H groups in total. The maximum atomic E-state index is 13.3. The van der Waals surface area contributed by atoms with Crippen LogP contribution < -0.4 is 10.1 Å². The van der Waals surface area contributed by atoms with Crippen molar-refractivity contribution in [2.24, 2.45) is 0 Å². The number of carbonyl (C=O) groups excluding carboxylic acids is 1. The molecule has 5 nitrogen and oxygen atoms in total. The number of aromatic nitrogens is 2. The third kappa shape index (κ3) is 4.31. The number of rotatable bonds is 6. The van der Waals surface area contributed by atoms with Crippen LogP contribution in [-0.2, 0) is 6.42 Å². The standard InChI is InChI=1S/C23H20FN3O2S/c1-14-20-12-17(13-25-23(20)30-27-14)22(28)26-21(11-15-3-7-18(24)8-4-15)16-5-9-19(29-2)10-6-16/h3-10,12-13,21H,11H2,1-2H3,(H,26,28). The highest BCUT2D eigenvalue weighted by molar-refractivity contribution is 7.12. The van der Waals surface area contributed by atoms with Crippen molar-refractivity contribution in [3.05, 3.63) is 89.0 Å². The topological polar surface area (TPSA) is 64.1 Å². The number of benzene rings is 2. The van der Waals surface area contributed by atoms with E-state index in [2.05, 4.69) is 14.7 Å². The van der Waals surface area contributed by atoms with Crippen LogP contribution in [0.3, 0.4) is 0 Å². The predicted octanol–water partition coefficient (Wildman–Crippen LogP) is 4.86. The summed E-state index contributed by atoms with van der Waals surface area (Å²) in [6.07, 6.45) is 2.09. The molecule has 1 atom stereocenters. The zero-order valence-electron chi connectivity index (χ0n) is 16.6. The van der Waals surface area contributed by atoms with Crippen LogP contribution in [-0.4, -0.2) is 22.4 Å². The van der Waals surface area contributed by atoms with Gasteiger partial charge in [0.25, 0.3) is 5.91 Å². The monoisotopic (exact) mass is 421 g/mol. The van der Waals surface area contributed by atoms with Crippen LogP contribution in [0.2, 0.25) is 0 Å². The van der Waals surface area contributed by atoms with Gasteiger partial charge in [0.15, 0.2) is 0 Å². The van der Waals surface area contributed by atoms with E-state index >= 15 is 0 Å². The number of pyridine rings is 1. The summed E-state index contributed by atoms with van der Waals surface area (Å²) in [5.74, 6) is 0.224. The molecule has 1 unspecified atom stereocenters. The molecule has 4 rings (SSSR count). The average molecular weight is 421 g/mol. The molecule has 30 heavy (non-hydrogen) atoms. The molecule has 0 saturated carbocycles. The van der Waals surface area contributed by atoms with Gasteiger partial charge in [-0.05, 0) is 66.3 Å². The summed E-state index contributed by atoms with van der Waals surface area (Å²) in [5.41, 5.74) is 3.18. The van der Waals surface area contributed by atoms with E-state index in [1.165, 1.54) is 23.7 Å². The van der Waals surface area contributed by atoms with Crippen molar-refractivity contribution >= 4 is 27.7 Å². The van der Waals surface area contributed by atoms with Crippen molar-refractivity contribution in [3.63, 3.8) is 0 Å². The van der Waals surface area contributed by atoms with E-state index in [1.54, 1.807) is 25.4 Å². The Morgan fingerprint density at radius 2 is 1.90 bits per heavy atom. The Hall–Kier alpha value is -3.32. The summed E-state index contributed by atoms with van der Waals surface area (Å²) in [7, 11) is 1.61. The van der Waals surface area contributed by atoms with Crippen molar-refractivity contribution in [2.75, 3.05) is 7.11 Å². The minimum atomic E-state index is -0.300. The van der Waals surface area contributed by atoms with Gasteiger partial charge in [-0.25, -0.2) is 9.37 Å². The van der Waals surface area contributed by atoms with E-state index in [0.29, 0.717) is 12.0 Å². The van der Waals surface area contributed by atoms with Crippen molar-refractivity contribution in [2.45, 2.75) is 19.4 Å². The predicted molar refractivity (Wildman–Crippen MR) is 115 cm³/mol. The lowest BCUT2D eigenvalue weighted by atomic mass is 9.98. The third-order valence-corrected chi connectivity index (χ3v) is 5.81. The Morgan fingerprint density at radius 1 is 1.17 bits per heavy atom. The molecule has 7 heteroatoms. The van der Waals surface area contributed by atoms with E-state index in [4.69, 9.17) is 4.74 Å². The molecule has 0 radical (unpaired) electrons. The summed E-state index contributed by atoms with van der Waals surface area (Å²) >= 11 is 1.32. The number of halogens is 1. The zero-order valence-corrected chi connectivity index (χ0v) is 17.4. The fraction of sp³-hybridized carbons (Fsp3) is 0.174. The molecule has 2 aromatic heterocycles. The maximum absolute atomic E-state index is 13.3. The highest BCUT2D eigenvalue weighted by Gasteiger charge is 2.18. The van der Waals surface area contributed by atoms with Gasteiger partial charge in [-0.3, -0.25) is 4.79 Å². The van der Waals surface area contributed by atoms with Crippen LogP contribution >= 0.6 is 11.5 Å². The van der Waals surface area contributed by atoms with E-state index in [9.17, 15) is 9.18 Å². The number of carbonyl (C=O) groups is 1. The van der Waals surface area contributed by atoms with E-state index in [0.717, 1.165) is 32.8 Å². The molecule has 1 amide bonds. The molecule has 2 aromatic carbocycles. The minimum Gasteiger partial charge on any atom is -0.497 e. The Bertz CT molecular complexity index is 1170. The van der Waals surface area contributed by atoms with E-state index < -0.39 is 0 Å². The van der Waals surface area contributed by atoms with E-state index in [1.807, 2.05) is 37.3 Å². The molecule has 0 aliphatic rings. The highest BCUT2D eigenvalue weighted by Crippen LogP contribution is 2.24. The number of aryl methyl sites for hydroxylation is 1. The van der Waals surface area contributed by atoms with Gasteiger partial charge in [-0.15, -0.1) is 0 Å². The van der Waals surface area contributed by atoms with Gasteiger partial charge in [0.1, 0.15) is 16.4 Å². The smallest absolute Gasteiger partial charge is 0.253 e. The Balaban J connectivity index is 1.62. The average Bonchev–Trinajstić information content (AvgIpc) is 3.15. The van der Waals surface area contributed by atoms with Gasteiger partial charge in [0.2, 0.25) is 0 Å². The second-order valence-electron chi connectivity index (χ2n) is 6.97. The van der Waals surface area contributed by atoms with Crippen LogP contribution in [0.15, 0.2) is 60.8 Å². The van der Waals surface area contributed by atoms with Crippen molar-refractivity contribution in [1.29, 1.82) is 0 Å². The van der Waals surface area contributed by atoms with Gasteiger partial charge in [-0.1, -0.05) is 24.3 Å². The first-order valence-electron chi connectivity index (χ1n) is 9.45. The number of fused-ring (bicyclic) bond motifs is 1. The summed E-state index contributed by atoms with van der Waals surface area (Å²) in [6.45, 7) is 1.90. The van der Waals surface area contributed by atoms with Crippen molar-refractivity contribution < 1.29 is 13.9 Å². The van der Waals surface area contributed by atoms with E-state index in [-0.39, 0.29) is 17.8 Å². The molecule has 0 aliphatic carbocycles. The number of nitrogens with one attached hydrogen (secondary N) is 1. The summed E-state index contributed by atoms with van der Waals surface area (Å²) in [4.78, 5) is 18.2. The summed E-state index contributed by atoms with van der Waals surface area (Å²) in [5, 5.41) is 3.98. The number of methoxy groups -OCH3 is 1. The number of hydrogen-bond donors (Lipinski definition) is 1. The molecule has 0 bridgehead atoms. The Labute approximate surface area is 177 Å². The van der Waals surface area contributed by atoms with Crippen LogP contribution in [0, 0.1) is 12.7 Å². The molecule has 152 valence electrons. The van der Waals surface area contributed by atoms with Gasteiger partial charge in [0.05, 0.1) is 24.4 Å².